The van der Waals surface area contributed by atoms with Crippen molar-refractivity contribution in [2.45, 2.75) is 9.79 Å². The van der Waals surface area contributed by atoms with Gasteiger partial charge in [0.15, 0.2) is 0 Å². The van der Waals surface area contributed by atoms with Crippen molar-refractivity contribution in [2.75, 3.05) is 39.4 Å². The average molecular weight is 488 g/mol. The molecule has 31 heavy (non-hydrogen) atoms. The standard InChI is InChI=1S/C19H22ClN3O6S2/c20-16-4-2-5-17(14-16)30(25,26)22-8-7-21-19(24)15-3-1-6-18(13-15)31(27,28)23-9-11-29-12-10-23/h1-6,13-14,22H,7-12H2,(H,21,24). The predicted molar refractivity (Wildman–Crippen MR) is 115 cm³/mol. The summed E-state index contributed by atoms with van der Waals surface area (Å²) in [4.78, 5) is 12.4. The van der Waals surface area contributed by atoms with Crippen LogP contribution >= 0.6 is 11.6 Å². The van der Waals surface area contributed by atoms with E-state index in [0.717, 1.165) is 0 Å². The van der Waals surface area contributed by atoms with Gasteiger partial charge in [0.05, 0.1) is 23.0 Å². The average Bonchev–Trinajstić information content (AvgIpc) is 2.77. The molecule has 1 amide bonds. The van der Waals surface area contributed by atoms with E-state index in [9.17, 15) is 21.6 Å². The summed E-state index contributed by atoms with van der Waals surface area (Å²) in [6, 6.07) is 11.5. The van der Waals surface area contributed by atoms with Crippen molar-refractivity contribution in [3.63, 3.8) is 0 Å². The molecule has 1 saturated heterocycles. The van der Waals surface area contributed by atoms with Crippen LogP contribution in [0.15, 0.2) is 58.3 Å². The number of amides is 1. The first-order valence-electron chi connectivity index (χ1n) is 9.41. The zero-order valence-corrected chi connectivity index (χ0v) is 18.8. The molecular formula is C19H22ClN3O6S2. The topological polar surface area (TPSA) is 122 Å². The highest BCUT2D eigenvalue weighted by atomic mass is 35.5. The summed E-state index contributed by atoms with van der Waals surface area (Å²) in [5.74, 6) is -0.513. The fourth-order valence-electron chi connectivity index (χ4n) is 2.91. The molecule has 0 spiro atoms. The van der Waals surface area contributed by atoms with E-state index in [1.165, 1.54) is 46.8 Å². The maximum atomic E-state index is 12.7. The molecule has 1 fully saturated rings. The van der Waals surface area contributed by atoms with Crippen LogP contribution in [-0.4, -0.2) is 66.4 Å². The van der Waals surface area contributed by atoms with E-state index in [0.29, 0.717) is 18.2 Å². The molecule has 2 aromatic rings. The molecule has 0 unspecified atom stereocenters. The third kappa shape index (κ3) is 6.03. The first-order valence-corrected chi connectivity index (χ1v) is 12.7. The number of morpholine rings is 1. The number of benzene rings is 2. The van der Waals surface area contributed by atoms with Crippen LogP contribution in [0.3, 0.4) is 0 Å². The van der Waals surface area contributed by atoms with Gasteiger partial charge in [-0.25, -0.2) is 21.6 Å². The fourth-order valence-corrected chi connectivity index (χ4v) is 5.70. The monoisotopic (exact) mass is 487 g/mol. The van der Waals surface area contributed by atoms with Crippen LogP contribution < -0.4 is 10.0 Å². The molecule has 1 aliphatic rings. The minimum atomic E-state index is -3.76. The third-order valence-electron chi connectivity index (χ3n) is 4.51. The molecule has 1 heterocycles. The van der Waals surface area contributed by atoms with Crippen molar-refractivity contribution in [1.29, 1.82) is 0 Å². The highest BCUT2D eigenvalue weighted by molar-refractivity contribution is 7.89. The Morgan fingerprint density at radius 3 is 2.35 bits per heavy atom. The van der Waals surface area contributed by atoms with E-state index in [1.807, 2.05) is 0 Å². The number of halogens is 1. The summed E-state index contributed by atoms with van der Waals surface area (Å²) >= 11 is 5.81. The minimum absolute atomic E-state index is 0.0130. The highest BCUT2D eigenvalue weighted by Gasteiger charge is 2.26. The predicted octanol–water partition coefficient (Wildman–Crippen LogP) is 1.07. The van der Waals surface area contributed by atoms with Gasteiger partial charge in [0, 0.05) is 36.8 Å². The fraction of sp³-hybridized carbons (Fsp3) is 0.316. The van der Waals surface area contributed by atoms with E-state index in [-0.39, 0.29) is 41.5 Å². The number of ether oxygens (including phenoxy) is 1. The first kappa shape index (κ1) is 23.6. The van der Waals surface area contributed by atoms with Gasteiger partial charge < -0.3 is 10.1 Å². The van der Waals surface area contributed by atoms with Crippen LogP contribution in [0.4, 0.5) is 0 Å². The highest BCUT2D eigenvalue weighted by Crippen LogP contribution is 2.18. The Bertz CT molecular complexity index is 1150. The first-order chi connectivity index (χ1) is 14.7. The van der Waals surface area contributed by atoms with E-state index >= 15 is 0 Å². The third-order valence-corrected chi connectivity index (χ3v) is 8.10. The normalized spacial score (nSPS) is 15.5. The van der Waals surface area contributed by atoms with E-state index in [1.54, 1.807) is 6.07 Å². The summed E-state index contributed by atoms with van der Waals surface area (Å²) in [7, 11) is -7.49. The van der Waals surface area contributed by atoms with Gasteiger partial charge in [-0.2, -0.15) is 4.31 Å². The summed E-state index contributed by atoms with van der Waals surface area (Å²) in [6.07, 6.45) is 0. The van der Waals surface area contributed by atoms with Crippen molar-refractivity contribution >= 4 is 37.6 Å². The Balaban J connectivity index is 1.58. The van der Waals surface area contributed by atoms with Gasteiger partial charge >= 0.3 is 0 Å². The summed E-state index contributed by atoms with van der Waals surface area (Å²) in [6.45, 7) is 1.12. The number of nitrogens with zero attached hydrogens (tertiary/aromatic N) is 1. The van der Waals surface area contributed by atoms with Crippen molar-refractivity contribution < 1.29 is 26.4 Å². The molecule has 2 aromatic carbocycles. The molecule has 2 N–H and O–H groups in total. The van der Waals surface area contributed by atoms with Crippen LogP contribution in [0.2, 0.25) is 5.02 Å². The molecule has 1 aliphatic heterocycles. The second kappa shape index (κ2) is 10.1. The minimum Gasteiger partial charge on any atom is -0.379 e. The molecule has 0 saturated carbocycles. The Kier molecular flexibility index (Phi) is 7.68. The largest absolute Gasteiger partial charge is 0.379 e. The number of carbonyl (C=O) groups is 1. The molecule has 0 atom stereocenters. The van der Waals surface area contributed by atoms with Gasteiger partial charge in [-0.1, -0.05) is 23.7 Å². The van der Waals surface area contributed by atoms with Crippen molar-refractivity contribution in [2.24, 2.45) is 0 Å². The second-order valence-corrected chi connectivity index (χ2v) is 10.8. The Morgan fingerprint density at radius 2 is 1.65 bits per heavy atom. The Morgan fingerprint density at radius 1 is 0.968 bits per heavy atom. The summed E-state index contributed by atoms with van der Waals surface area (Å²) in [5, 5.41) is 2.87. The molecule has 9 nitrogen and oxygen atoms in total. The van der Waals surface area contributed by atoms with E-state index < -0.39 is 26.0 Å². The van der Waals surface area contributed by atoms with Gasteiger partial charge in [-0.05, 0) is 36.4 Å². The van der Waals surface area contributed by atoms with Crippen LogP contribution in [0.5, 0.6) is 0 Å². The number of carbonyl (C=O) groups excluding carboxylic acids is 1. The second-order valence-electron chi connectivity index (χ2n) is 6.66. The lowest BCUT2D eigenvalue weighted by Crippen LogP contribution is -2.40. The van der Waals surface area contributed by atoms with E-state index in [4.69, 9.17) is 16.3 Å². The number of hydrogen-bond donors (Lipinski definition) is 2. The van der Waals surface area contributed by atoms with Crippen LogP contribution in [0.1, 0.15) is 10.4 Å². The van der Waals surface area contributed by atoms with Crippen molar-refractivity contribution in [3.8, 4) is 0 Å². The molecule has 0 radical (unpaired) electrons. The maximum Gasteiger partial charge on any atom is 0.251 e. The van der Waals surface area contributed by atoms with Gasteiger partial charge in [0.1, 0.15) is 0 Å². The van der Waals surface area contributed by atoms with Gasteiger partial charge in [-0.3, -0.25) is 4.79 Å². The van der Waals surface area contributed by atoms with Crippen molar-refractivity contribution in [3.05, 3.63) is 59.1 Å². The molecule has 0 aromatic heterocycles. The molecule has 168 valence electrons. The summed E-state index contributed by atoms with van der Waals surface area (Å²) < 4.78 is 58.8. The van der Waals surface area contributed by atoms with Gasteiger partial charge in [0.25, 0.3) is 5.91 Å². The molecular weight excluding hydrogens is 466 g/mol. The lowest BCUT2D eigenvalue weighted by atomic mass is 10.2. The van der Waals surface area contributed by atoms with Gasteiger partial charge in [0.2, 0.25) is 20.0 Å². The smallest absolute Gasteiger partial charge is 0.251 e. The maximum absolute atomic E-state index is 12.7. The zero-order valence-electron chi connectivity index (χ0n) is 16.5. The van der Waals surface area contributed by atoms with Gasteiger partial charge in [-0.15, -0.1) is 0 Å². The quantitative estimate of drug-likeness (QED) is 0.537. The van der Waals surface area contributed by atoms with Crippen LogP contribution in [-0.2, 0) is 24.8 Å². The number of rotatable bonds is 8. The molecule has 0 bridgehead atoms. The van der Waals surface area contributed by atoms with Crippen LogP contribution in [0.25, 0.3) is 0 Å². The Labute approximate surface area is 186 Å². The number of sulfonamides is 2. The van der Waals surface area contributed by atoms with Crippen LogP contribution in [0, 0.1) is 0 Å². The summed E-state index contributed by atoms with van der Waals surface area (Å²) in [5.41, 5.74) is 0.159. The molecule has 3 rings (SSSR count). The molecule has 12 heteroatoms. The number of nitrogens with one attached hydrogen (secondary N) is 2. The number of hydrogen-bond acceptors (Lipinski definition) is 6. The lowest BCUT2D eigenvalue weighted by Gasteiger charge is -2.26. The Hall–Kier alpha value is -2.02. The molecule has 0 aliphatic carbocycles. The van der Waals surface area contributed by atoms with E-state index in [2.05, 4.69) is 10.0 Å². The lowest BCUT2D eigenvalue weighted by molar-refractivity contribution is 0.0730. The zero-order chi connectivity index (χ0) is 22.5. The van der Waals surface area contributed by atoms with Crippen molar-refractivity contribution in [1.82, 2.24) is 14.3 Å². The SMILES string of the molecule is O=C(NCCNS(=O)(=O)c1cccc(Cl)c1)c1cccc(S(=O)(=O)N2CCOCC2)c1.